The largest absolute Gasteiger partial charge is 0.348 e. The van der Waals surface area contributed by atoms with Gasteiger partial charge in [0.05, 0.1) is 0 Å². The SMILES string of the molecule is Cc1nc(Nc2cccc(C)c2C)cc(C(=O)NC2CCCC2)n1. The molecule has 1 aromatic carbocycles. The van der Waals surface area contributed by atoms with Crippen molar-refractivity contribution in [3.05, 3.63) is 46.9 Å². The summed E-state index contributed by atoms with van der Waals surface area (Å²) in [6, 6.07) is 8.10. The standard InChI is InChI=1S/C19H24N4O/c1-12-7-6-10-16(13(12)2)23-18-11-17(20-14(3)21-18)19(24)22-15-8-4-5-9-15/h6-7,10-11,15H,4-5,8-9H2,1-3H3,(H,22,24)(H,20,21,23). The highest BCUT2D eigenvalue weighted by atomic mass is 16.1. The normalized spacial score (nSPS) is 14.6. The highest BCUT2D eigenvalue weighted by Gasteiger charge is 2.19. The van der Waals surface area contributed by atoms with Gasteiger partial charge in [0.15, 0.2) is 0 Å². The Labute approximate surface area is 142 Å². The molecule has 0 atom stereocenters. The molecule has 1 heterocycles. The average molecular weight is 324 g/mol. The molecule has 0 saturated heterocycles. The Bertz CT molecular complexity index is 751. The average Bonchev–Trinajstić information content (AvgIpc) is 3.04. The van der Waals surface area contributed by atoms with Crippen LogP contribution in [0.2, 0.25) is 0 Å². The second-order valence-electron chi connectivity index (χ2n) is 6.51. The van der Waals surface area contributed by atoms with E-state index in [0.29, 0.717) is 17.3 Å². The second-order valence-corrected chi connectivity index (χ2v) is 6.51. The lowest BCUT2D eigenvalue weighted by atomic mass is 10.1. The van der Waals surface area contributed by atoms with Crippen LogP contribution in [0.15, 0.2) is 24.3 Å². The molecular formula is C19H24N4O. The molecule has 0 aliphatic heterocycles. The maximum atomic E-state index is 12.4. The number of hydrogen-bond donors (Lipinski definition) is 2. The minimum atomic E-state index is -0.114. The molecule has 1 aliphatic carbocycles. The molecule has 1 amide bonds. The van der Waals surface area contributed by atoms with Crippen molar-refractivity contribution >= 4 is 17.4 Å². The fourth-order valence-corrected chi connectivity index (χ4v) is 3.10. The summed E-state index contributed by atoms with van der Waals surface area (Å²) in [6.45, 7) is 5.95. The predicted octanol–water partition coefficient (Wildman–Crippen LogP) is 3.82. The van der Waals surface area contributed by atoms with Crippen molar-refractivity contribution in [2.45, 2.75) is 52.5 Å². The Morgan fingerprint density at radius 1 is 1.12 bits per heavy atom. The van der Waals surface area contributed by atoms with Crippen LogP contribution in [-0.4, -0.2) is 21.9 Å². The molecule has 0 unspecified atom stereocenters. The molecule has 3 rings (SSSR count). The van der Waals surface area contributed by atoms with Crippen molar-refractivity contribution < 1.29 is 4.79 Å². The molecule has 0 spiro atoms. The number of rotatable bonds is 4. The predicted molar refractivity (Wildman–Crippen MR) is 95.7 cm³/mol. The first-order valence-electron chi connectivity index (χ1n) is 8.53. The molecule has 126 valence electrons. The lowest BCUT2D eigenvalue weighted by molar-refractivity contribution is 0.0932. The zero-order valence-electron chi connectivity index (χ0n) is 14.5. The first-order chi connectivity index (χ1) is 11.5. The van der Waals surface area contributed by atoms with Crippen LogP contribution < -0.4 is 10.6 Å². The minimum absolute atomic E-state index is 0.114. The summed E-state index contributed by atoms with van der Waals surface area (Å²) in [5.41, 5.74) is 3.80. The third kappa shape index (κ3) is 3.72. The van der Waals surface area contributed by atoms with Gasteiger partial charge >= 0.3 is 0 Å². The summed E-state index contributed by atoms with van der Waals surface area (Å²) >= 11 is 0. The van der Waals surface area contributed by atoms with E-state index in [-0.39, 0.29) is 11.9 Å². The number of amides is 1. The number of aryl methyl sites for hydroxylation is 2. The number of nitrogens with one attached hydrogen (secondary N) is 2. The van der Waals surface area contributed by atoms with E-state index in [9.17, 15) is 4.79 Å². The van der Waals surface area contributed by atoms with Gasteiger partial charge in [-0.05, 0) is 50.8 Å². The first-order valence-corrected chi connectivity index (χ1v) is 8.53. The van der Waals surface area contributed by atoms with Gasteiger partial charge in [-0.2, -0.15) is 0 Å². The highest BCUT2D eigenvalue weighted by molar-refractivity contribution is 5.93. The molecule has 1 aliphatic rings. The minimum Gasteiger partial charge on any atom is -0.348 e. The van der Waals surface area contributed by atoms with E-state index in [1.165, 1.54) is 24.0 Å². The van der Waals surface area contributed by atoms with Crippen molar-refractivity contribution in [3.63, 3.8) is 0 Å². The monoisotopic (exact) mass is 324 g/mol. The molecule has 1 fully saturated rings. The second kappa shape index (κ2) is 6.99. The fourth-order valence-electron chi connectivity index (χ4n) is 3.10. The molecule has 2 N–H and O–H groups in total. The van der Waals surface area contributed by atoms with Crippen LogP contribution >= 0.6 is 0 Å². The lowest BCUT2D eigenvalue weighted by Gasteiger charge is -2.14. The topological polar surface area (TPSA) is 66.9 Å². The maximum Gasteiger partial charge on any atom is 0.270 e. The molecule has 2 aromatic rings. The number of anilines is 2. The number of benzene rings is 1. The molecular weight excluding hydrogens is 300 g/mol. The van der Waals surface area contributed by atoms with Crippen molar-refractivity contribution in [1.29, 1.82) is 0 Å². The lowest BCUT2D eigenvalue weighted by Crippen LogP contribution is -2.33. The number of carbonyl (C=O) groups is 1. The van der Waals surface area contributed by atoms with E-state index in [2.05, 4.69) is 40.5 Å². The van der Waals surface area contributed by atoms with E-state index in [0.717, 1.165) is 18.5 Å². The van der Waals surface area contributed by atoms with Crippen LogP contribution in [0.5, 0.6) is 0 Å². The summed E-state index contributed by atoms with van der Waals surface area (Å²) in [6.07, 6.45) is 4.49. The van der Waals surface area contributed by atoms with Gasteiger partial charge in [0, 0.05) is 17.8 Å². The van der Waals surface area contributed by atoms with Gasteiger partial charge in [0.2, 0.25) is 0 Å². The van der Waals surface area contributed by atoms with Gasteiger partial charge in [0.25, 0.3) is 5.91 Å². The van der Waals surface area contributed by atoms with Crippen molar-refractivity contribution in [2.75, 3.05) is 5.32 Å². The zero-order valence-corrected chi connectivity index (χ0v) is 14.5. The molecule has 5 nitrogen and oxygen atoms in total. The molecule has 0 bridgehead atoms. The van der Waals surface area contributed by atoms with E-state index in [1.54, 1.807) is 13.0 Å². The van der Waals surface area contributed by atoms with Crippen LogP contribution in [0.3, 0.4) is 0 Å². The van der Waals surface area contributed by atoms with Crippen LogP contribution in [0, 0.1) is 20.8 Å². The molecule has 1 saturated carbocycles. The third-order valence-electron chi connectivity index (χ3n) is 4.63. The Morgan fingerprint density at radius 3 is 2.62 bits per heavy atom. The number of aromatic nitrogens is 2. The fraction of sp³-hybridized carbons (Fsp3) is 0.421. The molecule has 0 radical (unpaired) electrons. The van der Waals surface area contributed by atoms with Gasteiger partial charge in [-0.3, -0.25) is 4.79 Å². The van der Waals surface area contributed by atoms with Crippen molar-refractivity contribution in [3.8, 4) is 0 Å². The molecule has 5 heteroatoms. The Balaban J connectivity index is 1.80. The number of hydrogen-bond acceptors (Lipinski definition) is 4. The van der Waals surface area contributed by atoms with Gasteiger partial charge < -0.3 is 10.6 Å². The van der Waals surface area contributed by atoms with Gasteiger partial charge in [-0.25, -0.2) is 9.97 Å². The summed E-state index contributed by atoms with van der Waals surface area (Å²) in [4.78, 5) is 21.2. The van der Waals surface area contributed by atoms with Crippen LogP contribution in [0.4, 0.5) is 11.5 Å². The summed E-state index contributed by atoms with van der Waals surface area (Å²) in [7, 11) is 0. The quantitative estimate of drug-likeness (QED) is 0.897. The zero-order chi connectivity index (χ0) is 17.1. The van der Waals surface area contributed by atoms with Crippen molar-refractivity contribution in [1.82, 2.24) is 15.3 Å². The van der Waals surface area contributed by atoms with Gasteiger partial charge in [-0.1, -0.05) is 25.0 Å². The number of carbonyl (C=O) groups excluding carboxylic acids is 1. The Hall–Kier alpha value is -2.43. The van der Waals surface area contributed by atoms with E-state index in [4.69, 9.17) is 0 Å². The Morgan fingerprint density at radius 2 is 1.88 bits per heavy atom. The van der Waals surface area contributed by atoms with Crippen LogP contribution in [0.25, 0.3) is 0 Å². The Kier molecular flexibility index (Phi) is 4.79. The molecule has 1 aromatic heterocycles. The van der Waals surface area contributed by atoms with Gasteiger partial charge in [0.1, 0.15) is 17.3 Å². The number of nitrogens with zero attached hydrogens (tertiary/aromatic N) is 2. The maximum absolute atomic E-state index is 12.4. The van der Waals surface area contributed by atoms with E-state index >= 15 is 0 Å². The smallest absolute Gasteiger partial charge is 0.270 e. The van der Waals surface area contributed by atoms with E-state index in [1.807, 2.05) is 12.1 Å². The molecule has 24 heavy (non-hydrogen) atoms. The van der Waals surface area contributed by atoms with Crippen LogP contribution in [-0.2, 0) is 0 Å². The summed E-state index contributed by atoms with van der Waals surface area (Å²) in [5.74, 6) is 1.12. The highest BCUT2D eigenvalue weighted by Crippen LogP contribution is 2.22. The van der Waals surface area contributed by atoms with Crippen LogP contribution in [0.1, 0.15) is 53.1 Å². The van der Waals surface area contributed by atoms with Crippen molar-refractivity contribution in [2.24, 2.45) is 0 Å². The summed E-state index contributed by atoms with van der Waals surface area (Å²) in [5, 5.41) is 6.39. The van der Waals surface area contributed by atoms with E-state index < -0.39 is 0 Å². The van der Waals surface area contributed by atoms with Gasteiger partial charge in [-0.15, -0.1) is 0 Å². The third-order valence-corrected chi connectivity index (χ3v) is 4.63. The summed E-state index contributed by atoms with van der Waals surface area (Å²) < 4.78 is 0. The first kappa shape index (κ1) is 16.4.